The molecule has 0 radical (unpaired) electrons. The Morgan fingerprint density at radius 1 is 1.14 bits per heavy atom. The number of aromatic nitrogens is 1. The lowest BCUT2D eigenvalue weighted by Crippen LogP contribution is -2.56. The second-order valence-electron chi connectivity index (χ2n) is 7.11. The lowest BCUT2D eigenvalue weighted by Gasteiger charge is -2.27. The van der Waals surface area contributed by atoms with Crippen LogP contribution in [0.3, 0.4) is 0 Å². The molecule has 0 fully saturated rings. The van der Waals surface area contributed by atoms with Gasteiger partial charge >= 0.3 is 12.0 Å². The summed E-state index contributed by atoms with van der Waals surface area (Å²) in [5.74, 6) is 0.384. The summed E-state index contributed by atoms with van der Waals surface area (Å²) in [5, 5.41) is 7.91. The van der Waals surface area contributed by atoms with Gasteiger partial charge in [-0.05, 0) is 33.1 Å². The largest absolute Gasteiger partial charge is 0.428 e. The minimum absolute atomic E-state index is 0.0266. The molecule has 0 aliphatic heterocycles. The van der Waals surface area contributed by atoms with E-state index in [9.17, 15) is 9.59 Å². The van der Waals surface area contributed by atoms with Gasteiger partial charge in [-0.15, -0.1) is 0 Å². The fourth-order valence-corrected chi connectivity index (χ4v) is 1.56. The predicted octanol–water partition coefficient (Wildman–Crippen LogP) is 2.35. The summed E-state index contributed by atoms with van der Waals surface area (Å²) in [6.45, 7) is 13.4. The highest BCUT2D eigenvalue weighted by atomic mass is 16.4. The Bertz CT molecular complexity index is 536. The molecule has 0 aliphatic carbocycles. The van der Waals surface area contributed by atoms with Gasteiger partial charge in [0.1, 0.15) is 11.3 Å². The average Bonchev–Trinajstić information content (AvgIpc) is 2.63. The van der Waals surface area contributed by atoms with Gasteiger partial charge in [0, 0.05) is 6.54 Å². The van der Waals surface area contributed by atoms with E-state index in [1.165, 1.54) is 0 Å². The van der Waals surface area contributed by atoms with Crippen molar-refractivity contribution in [3.63, 3.8) is 0 Å². The number of carbonyl (C=O) groups is 2. The van der Waals surface area contributed by atoms with Crippen molar-refractivity contribution >= 4 is 18.0 Å². The molecule has 22 heavy (non-hydrogen) atoms. The van der Waals surface area contributed by atoms with Gasteiger partial charge in [-0.1, -0.05) is 20.8 Å². The Hall–Kier alpha value is -2.05. The smallest absolute Gasteiger partial charge is 0.323 e. The van der Waals surface area contributed by atoms with Crippen LogP contribution in [0.5, 0.6) is 0 Å². The maximum atomic E-state index is 12.2. The van der Waals surface area contributed by atoms with Gasteiger partial charge in [0.05, 0.1) is 5.69 Å². The number of carbonyl (C=O) groups excluding carboxylic acids is 2. The molecule has 0 aromatic carbocycles. The molecule has 3 N–H and O–H groups in total. The number of aryl methyl sites for hydroxylation is 2. The highest BCUT2D eigenvalue weighted by Crippen LogP contribution is 2.14. The zero-order chi connectivity index (χ0) is 17.1. The van der Waals surface area contributed by atoms with E-state index in [-0.39, 0.29) is 17.3 Å². The zero-order valence-electron chi connectivity index (χ0n) is 14.4. The molecule has 7 nitrogen and oxygen atoms in total. The van der Waals surface area contributed by atoms with Crippen LogP contribution in [0.2, 0.25) is 0 Å². The van der Waals surface area contributed by atoms with Crippen molar-refractivity contribution in [3.05, 3.63) is 11.5 Å². The number of oxazole rings is 1. The lowest BCUT2D eigenvalue weighted by atomic mass is 9.96. The maximum absolute atomic E-state index is 12.2. The molecule has 0 aliphatic rings. The number of anilines is 1. The molecule has 0 saturated carbocycles. The molecule has 0 unspecified atom stereocenters. The monoisotopic (exact) mass is 310 g/mol. The molecule has 1 rings (SSSR count). The third-order valence-electron chi connectivity index (χ3n) is 3.02. The van der Waals surface area contributed by atoms with Crippen LogP contribution >= 0.6 is 0 Å². The number of nitrogens with one attached hydrogen (secondary N) is 3. The Balaban J connectivity index is 2.59. The molecule has 1 aromatic rings. The molecule has 3 amide bonds. The number of rotatable bonds is 4. The fourth-order valence-electron chi connectivity index (χ4n) is 1.56. The van der Waals surface area contributed by atoms with E-state index in [4.69, 9.17) is 4.42 Å². The van der Waals surface area contributed by atoms with Gasteiger partial charge in [-0.2, -0.15) is 4.98 Å². The van der Waals surface area contributed by atoms with E-state index < -0.39 is 11.6 Å². The summed E-state index contributed by atoms with van der Waals surface area (Å²) in [6.07, 6.45) is 0. The van der Waals surface area contributed by atoms with Gasteiger partial charge in [-0.3, -0.25) is 10.1 Å². The van der Waals surface area contributed by atoms with E-state index in [1.54, 1.807) is 27.7 Å². The SMILES string of the molecule is Cc1nc(NC(=O)NC(C)(C)C(=O)NCC(C)(C)C)oc1C. The van der Waals surface area contributed by atoms with Gasteiger partial charge in [0.2, 0.25) is 5.91 Å². The number of hydrogen-bond donors (Lipinski definition) is 3. The normalized spacial score (nSPS) is 12.0. The van der Waals surface area contributed by atoms with Gasteiger partial charge < -0.3 is 15.1 Å². The number of hydrogen-bond acceptors (Lipinski definition) is 4. The Morgan fingerprint density at radius 2 is 1.73 bits per heavy atom. The van der Waals surface area contributed by atoms with E-state index in [0.717, 1.165) is 0 Å². The third-order valence-corrected chi connectivity index (χ3v) is 3.02. The van der Waals surface area contributed by atoms with Gasteiger partial charge in [0.25, 0.3) is 0 Å². The first-order valence-corrected chi connectivity index (χ1v) is 7.22. The first kappa shape index (κ1) is 18.0. The summed E-state index contributed by atoms with van der Waals surface area (Å²) in [7, 11) is 0. The molecular formula is C15H26N4O3. The van der Waals surface area contributed by atoms with Crippen molar-refractivity contribution < 1.29 is 14.0 Å². The average molecular weight is 310 g/mol. The highest BCUT2D eigenvalue weighted by Gasteiger charge is 2.30. The Kier molecular flexibility index (Phi) is 5.22. The summed E-state index contributed by atoms with van der Waals surface area (Å²) in [6, 6.07) is -0.435. The molecule has 7 heteroatoms. The first-order chi connectivity index (χ1) is 9.90. The van der Waals surface area contributed by atoms with Crippen molar-refractivity contribution in [3.8, 4) is 0 Å². The van der Waals surface area contributed by atoms with E-state index in [1.807, 2.05) is 20.8 Å². The summed E-state index contributed by atoms with van der Waals surface area (Å²) < 4.78 is 5.27. The predicted molar refractivity (Wildman–Crippen MR) is 84.7 cm³/mol. The first-order valence-electron chi connectivity index (χ1n) is 7.22. The van der Waals surface area contributed by atoms with Crippen LogP contribution in [-0.4, -0.2) is 29.0 Å². The van der Waals surface area contributed by atoms with Crippen LogP contribution in [0.4, 0.5) is 10.8 Å². The highest BCUT2D eigenvalue weighted by molar-refractivity contribution is 5.94. The molecular weight excluding hydrogens is 284 g/mol. The van der Waals surface area contributed by atoms with Gasteiger partial charge in [0.15, 0.2) is 0 Å². The third kappa shape index (κ3) is 5.38. The van der Waals surface area contributed by atoms with Gasteiger partial charge in [-0.25, -0.2) is 4.79 Å². The van der Waals surface area contributed by atoms with Crippen molar-refractivity contribution in [2.75, 3.05) is 11.9 Å². The zero-order valence-corrected chi connectivity index (χ0v) is 14.4. The number of amides is 3. The van der Waals surface area contributed by atoms with Crippen molar-refractivity contribution in [1.29, 1.82) is 0 Å². The summed E-state index contributed by atoms with van der Waals surface area (Å²) in [5.41, 5.74) is -0.370. The van der Waals surface area contributed by atoms with Crippen molar-refractivity contribution in [2.24, 2.45) is 5.41 Å². The fraction of sp³-hybridized carbons (Fsp3) is 0.667. The van der Waals surface area contributed by atoms with Crippen LogP contribution in [-0.2, 0) is 4.79 Å². The minimum Gasteiger partial charge on any atom is -0.428 e. The molecule has 124 valence electrons. The van der Waals surface area contributed by atoms with Crippen molar-refractivity contribution in [1.82, 2.24) is 15.6 Å². The van der Waals surface area contributed by atoms with E-state index in [2.05, 4.69) is 20.9 Å². The minimum atomic E-state index is -1.05. The van der Waals surface area contributed by atoms with Crippen LogP contribution < -0.4 is 16.0 Å². The molecule has 1 aromatic heterocycles. The van der Waals surface area contributed by atoms with E-state index in [0.29, 0.717) is 18.0 Å². The van der Waals surface area contributed by atoms with Crippen LogP contribution in [0.15, 0.2) is 4.42 Å². The molecule has 0 bridgehead atoms. The Morgan fingerprint density at radius 3 is 2.18 bits per heavy atom. The standard InChI is InChI=1S/C15H26N4O3/c1-9-10(2)22-13(17-9)18-12(21)19-15(6,7)11(20)16-8-14(3,4)5/h8H2,1-7H3,(H,16,20)(H2,17,18,19,21). The number of urea groups is 1. The van der Waals surface area contributed by atoms with Crippen LogP contribution in [0.1, 0.15) is 46.1 Å². The summed E-state index contributed by atoms with van der Waals surface area (Å²) in [4.78, 5) is 28.2. The second-order valence-corrected chi connectivity index (χ2v) is 7.11. The maximum Gasteiger partial charge on any atom is 0.323 e. The second kappa shape index (κ2) is 6.37. The van der Waals surface area contributed by atoms with Crippen LogP contribution in [0, 0.1) is 19.3 Å². The topological polar surface area (TPSA) is 96.3 Å². The molecule has 0 spiro atoms. The van der Waals surface area contributed by atoms with Crippen LogP contribution in [0.25, 0.3) is 0 Å². The Labute approximate surface area is 131 Å². The molecule has 0 atom stereocenters. The lowest BCUT2D eigenvalue weighted by molar-refractivity contribution is -0.126. The van der Waals surface area contributed by atoms with E-state index >= 15 is 0 Å². The number of nitrogens with zero attached hydrogens (tertiary/aromatic N) is 1. The van der Waals surface area contributed by atoms with Crippen molar-refractivity contribution in [2.45, 2.75) is 54.0 Å². The summed E-state index contributed by atoms with van der Waals surface area (Å²) >= 11 is 0. The molecule has 0 saturated heterocycles. The molecule has 1 heterocycles. The quantitative estimate of drug-likeness (QED) is 0.795.